The second-order valence-corrected chi connectivity index (χ2v) is 5.91. The van der Waals surface area contributed by atoms with Gasteiger partial charge in [-0.05, 0) is 47.5 Å². The number of nitrogens with one attached hydrogen (secondary N) is 1. The molecule has 0 radical (unpaired) electrons. The van der Waals surface area contributed by atoms with Crippen molar-refractivity contribution in [2.75, 3.05) is 0 Å². The van der Waals surface area contributed by atoms with Crippen LogP contribution < -0.4 is 5.32 Å². The number of rotatable bonds is 3. The number of hydrogen-bond donors (Lipinski definition) is 1. The molecule has 5 nitrogen and oxygen atoms in total. The molecule has 3 rings (SSSR count). The Bertz CT molecular complexity index is 700. The summed E-state index contributed by atoms with van der Waals surface area (Å²) in [7, 11) is 0. The van der Waals surface area contributed by atoms with Crippen LogP contribution >= 0.6 is 15.9 Å². The van der Waals surface area contributed by atoms with Gasteiger partial charge < -0.3 is 9.88 Å². The van der Waals surface area contributed by atoms with E-state index in [9.17, 15) is 9.18 Å². The summed E-state index contributed by atoms with van der Waals surface area (Å²) in [6, 6.07) is 3.93. The molecule has 0 saturated carbocycles. The van der Waals surface area contributed by atoms with Crippen LogP contribution in [0.3, 0.4) is 0 Å². The molecule has 1 N–H and O–H groups in total. The molecule has 110 valence electrons. The quantitative estimate of drug-likeness (QED) is 0.923. The molecule has 1 aromatic carbocycles. The number of nitrogens with zero attached hydrogens (tertiary/aromatic N) is 3. The number of aromatic nitrogens is 3. The summed E-state index contributed by atoms with van der Waals surface area (Å²) in [5.74, 6) is 1.07. The van der Waals surface area contributed by atoms with E-state index in [0.29, 0.717) is 5.56 Å². The fraction of sp³-hybridized carbons (Fsp3) is 0.357. The van der Waals surface area contributed by atoms with Crippen molar-refractivity contribution in [2.24, 2.45) is 0 Å². The molecule has 1 amide bonds. The van der Waals surface area contributed by atoms with Crippen LogP contribution in [0.2, 0.25) is 0 Å². The van der Waals surface area contributed by atoms with Crippen LogP contribution in [0.25, 0.3) is 0 Å². The third-order valence-electron chi connectivity index (χ3n) is 3.55. The topological polar surface area (TPSA) is 59.8 Å². The predicted molar refractivity (Wildman–Crippen MR) is 78.3 cm³/mol. The second kappa shape index (κ2) is 5.55. The molecule has 1 aliphatic heterocycles. The third kappa shape index (κ3) is 2.70. The van der Waals surface area contributed by atoms with Crippen LogP contribution in [-0.2, 0) is 13.0 Å². The summed E-state index contributed by atoms with van der Waals surface area (Å²) < 4.78 is 15.5. The Morgan fingerprint density at radius 3 is 3.05 bits per heavy atom. The Morgan fingerprint density at radius 1 is 1.48 bits per heavy atom. The molecule has 2 heterocycles. The van der Waals surface area contributed by atoms with Gasteiger partial charge >= 0.3 is 0 Å². The highest BCUT2D eigenvalue weighted by atomic mass is 79.9. The summed E-state index contributed by atoms with van der Waals surface area (Å²) >= 11 is 3.08. The number of carbonyl (C=O) groups is 1. The molecule has 21 heavy (non-hydrogen) atoms. The Balaban J connectivity index is 1.76. The smallest absolute Gasteiger partial charge is 0.251 e. The average Bonchev–Trinajstić information content (AvgIpc) is 3.04. The molecule has 2 aromatic rings. The Kier molecular flexibility index (Phi) is 3.75. The van der Waals surface area contributed by atoms with Gasteiger partial charge in [0.05, 0.1) is 10.5 Å². The van der Waals surface area contributed by atoms with Gasteiger partial charge in [0.2, 0.25) is 0 Å². The van der Waals surface area contributed by atoms with E-state index in [4.69, 9.17) is 0 Å². The van der Waals surface area contributed by atoms with Gasteiger partial charge in [-0.1, -0.05) is 0 Å². The largest absolute Gasteiger partial charge is 0.342 e. The van der Waals surface area contributed by atoms with Crippen molar-refractivity contribution in [1.29, 1.82) is 0 Å². The van der Waals surface area contributed by atoms with E-state index >= 15 is 0 Å². The lowest BCUT2D eigenvalue weighted by molar-refractivity contribution is 0.0937. The number of amides is 1. The molecule has 7 heteroatoms. The first-order chi connectivity index (χ1) is 10.1. The number of benzene rings is 1. The van der Waals surface area contributed by atoms with Crippen LogP contribution in [0, 0.1) is 5.82 Å². The van der Waals surface area contributed by atoms with Crippen LogP contribution in [-0.4, -0.2) is 20.7 Å². The van der Waals surface area contributed by atoms with Gasteiger partial charge in [-0.3, -0.25) is 4.79 Å². The van der Waals surface area contributed by atoms with E-state index < -0.39 is 5.82 Å². The molecular formula is C14H14BrFN4O. The number of carbonyl (C=O) groups excluding carboxylic acids is 1. The third-order valence-corrected chi connectivity index (χ3v) is 4.16. The number of fused-ring (bicyclic) bond motifs is 1. The van der Waals surface area contributed by atoms with Gasteiger partial charge in [-0.2, -0.15) is 0 Å². The van der Waals surface area contributed by atoms with E-state index in [1.54, 1.807) is 0 Å². The van der Waals surface area contributed by atoms with Gasteiger partial charge in [0.15, 0.2) is 5.82 Å². The standard InChI is InChI=1S/C14H14BrFN4O/c1-8(13-19-18-12-3-2-6-20(12)13)17-14(21)9-4-5-11(16)10(15)7-9/h4-5,7-8H,2-3,6H2,1H3,(H,17,21). The summed E-state index contributed by atoms with van der Waals surface area (Å²) in [6.07, 6.45) is 1.99. The Morgan fingerprint density at radius 2 is 2.29 bits per heavy atom. The fourth-order valence-electron chi connectivity index (χ4n) is 2.48. The SMILES string of the molecule is CC(NC(=O)c1ccc(F)c(Br)c1)c1nnc2n1CCC2. The predicted octanol–water partition coefficient (Wildman–Crippen LogP) is 2.62. The second-order valence-electron chi connectivity index (χ2n) is 5.05. The zero-order valence-electron chi connectivity index (χ0n) is 11.4. The maximum Gasteiger partial charge on any atom is 0.251 e. The van der Waals surface area contributed by atoms with Gasteiger partial charge in [0, 0.05) is 18.5 Å². The maximum absolute atomic E-state index is 13.2. The maximum atomic E-state index is 13.2. The van der Waals surface area contributed by atoms with Gasteiger partial charge in [0.1, 0.15) is 11.6 Å². The summed E-state index contributed by atoms with van der Waals surface area (Å²) in [6.45, 7) is 2.76. The van der Waals surface area contributed by atoms with E-state index in [-0.39, 0.29) is 16.4 Å². The highest BCUT2D eigenvalue weighted by Gasteiger charge is 2.22. The Labute approximate surface area is 129 Å². The summed E-state index contributed by atoms with van der Waals surface area (Å²) in [4.78, 5) is 12.2. The molecule has 1 unspecified atom stereocenters. The van der Waals surface area contributed by atoms with Crippen molar-refractivity contribution in [3.8, 4) is 0 Å². The lowest BCUT2D eigenvalue weighted by atomic mass is 10.2. The van der Waals surface area contributed by atoms with E-state index in [0.717, 1.165) is 31.0 Å². The van der Waals surface area contributed by atoms with E-state index in [2.05, 4.69) is 31.4 Å². The van der Waals surface area contributed by atoms with Crippen molar-refractivity contribution in [1.82, 2.24) is 20.1 Å². The van der Waals surface area contributed by atoms with Crippen LogP contribution in [0.15, 0.2) is 22.7 Å². The first-order valence-electron chi connectivity index (χ1n) is 6.74. The Hall–Kier alpha value is -1.76. The number of hydrogen-bond acceptors (Lipinski definition) is 3. The van der Waals surface area contributed by atoms with Crippen molar-refractivity contribution < 1.29 is 9.18 Å². The fourth-order valence-corrected chi connectivity index (χ4v) is 2.85. The first-order valence-corrected chi connectivity index (χ1v) is 7.53. The van der Waals surface area contributed by atoms with Crippen molar-refractivity contribution >= 4 is 21.8 Å². The van der Waals surface area contributed by atoms with E-state index in [1.165, 1.54) is 18.2 Å². The van der Waals surface area contributed by atoms with Gasteiger partial charge in [-0.15, -0.1) is 10.2 Å². The normalized spacial score (nSPS) is 14.8. The molecule has 0 bridgehead atoms. The lowest BCUT2D eigenvalue weighted by Gasteiger charge is -2.14. The number of aryl methyl sites for hydroxylation is 1. The summed E-state index contributed by atoms with van der Waals surface area (Å²) in [5, 5.41) is 11.1. The number of halogens is 2. The van der Waals surface area contributed by atoms with Crippen LogP contribution in [0.1, 0.15) is 41.4 Å². The lowest BCUT2D eigenvalue weighted by Crippen LogP contribution is -2.28. The minimum Gasteiger partial charge on any atom is -0.342 e. The highest BCUT2D eigenvalue weighted by molar-refractivity contribution is 9.10. The van der Waals surface area contributed by atoms with Gasteiger partial charge in [-0.25, -0.2) is 4.39 Å². The molecule has 1 atom stereocenters. The zero-order valence-corrected chi connectivity index (χ0v) is 13.0. The van der Waals surface area contributed by atoms with E-state index in [1.807, 2.05) is 11.5 Å². The van der Waals surface area contributed by atoms with Gasteiger partial charge in [0.25, 0.3) is 5.91 Å². The van der Waals surface area contributed by atoms with Crippen LogP contribution in [0.5, 0.6) is 0 Å². The minimum atomic E-state index is -0.394. The average molecular weight is 353 g/mol. The molecular weight excluding hydrogens is 339 g/mol. The van der Waals surface area contributed by atoms with Crippen molar-refractivity contribution in [3.05, 3.63) is 45.7 Å². The highest BCUT2D eigenvalue weighted by Crippen LogP contribution is 2.20. The van der Waals surface area contributed by atoms with Crippen molar-refractivity contribution in [3.63, 3.8) is 0 Å². The van der Waals surface area contributed by atoms with Crippen molar-refractivity contribution in [2.45, 2.75) is 32.4 Å². The molecule has 0 aliphatic carbocycles. The first kappa shape index (κ1) is 14.2. The minimum absolute atomic E-state index is 0.249. The zero-order chi connectivity index (χ0) is 15.0. The molecule has 1 aromatic heterocycles. The molecule has 0 spiro atoms. The molecule has 0 fully saturated rings. The monoisotopic (exact) mass is 352 g/mol. The molecule has 0 saturated heterocycles. The van der Waals surface area contributed by atoms with Crippen LogP contribution in [0.4, 0.5) is 4.39 Å². The molecule has 1 aliphatic rings. The summed E-state index contributed by atoms with van der Waals surface area (Å²) in [5.41, 5.74) is 0.399.